The van der Waals surface area contributed by atoms with Crippen LogP contribution in [0.3, 0.4) is 0 Å². The minimum Gasteiger partial charge on any atom is -0.312 e. The SMILES string of the molecule is CC(C)CNCc1cn(C)nc1-c1ccc(Br)cc1. The molecule has 0 aliphatic heterocycles. The summed E-state index contributed by atoms with van der Waals surface area (Å²) in [7, 11) is 1.97. The Labute approximate surface area is 123 Å². The second kappa shape index (κ2) is 6.35. The van der Waals surface area contributed by atoms with Gasteiger partial charge in [-0.1, -0.05) is 41.9 Å². The van der Waals surface area contributed by atoms with E-state index in [4.69, 9.17) is 0 Å². The van der Waals surface area contributed by atoms with Gasteiger partial charge in [0.25, 0.3) is 0 Å². The summed E-state index contributed by atoms with van der Waals surface area (Å²) in [6, 6.07) is 8.29. The molecule has 3 nitrogen and oxygen atoms in total. The van der Waals surface area contributed by atoms with Crippen LogP contribution in [-0.4, -0.2) is 16.3 Å². The predicted octanol–water partition coefficient (Wildman–Crippen LogP) is 3.60. The van der Waals surface area contributed by atoms with E-state index < -0.39 is 0 Å². The third-order valence-corrected chi connectivity index (χ3v) is 3.42. The molecule has 0 radical (unpaired) electrons. The van der Waals surface area contributed by atoms with Crippen molar-refractivity contribution in [2.24, 2.45) is 13.0 Å². The zero-order chi connectivity index (χ0) is 13.8. The number of halogens is 1. The number of benzene rings is 1. The third kappa shape index (κ3) is 3.91. The van der Waals surface area contributed by atoms with E-state index in [1.54, 1.807) is 0 Å². The van der Waals surface area contributed by atoms with Crippen molar-refractivity contribution in [3.05, 3.63) is 40.5 Å². The second-order valence-corrected chi connectivity index (χ2v) is 6.12. The van der Waals surface area contributed by atoms with Gasteiger partial charge in [-0.3, -0.25) is 4.68 Å². The average Bonchev–Trinajstić information content (AvgIpc) is 2.71. The van der Waals surface area contributed by atoms with Gasteiger partial charge in [0.2, 0.25) is 0 Å². The largest absolute Gasteiger partial charge is 0.312 e. The molecular weight excluding hydrogens is 302 g/mol. The Morgan fingerprint density at radius 2 is 1.95 bits per heavy atom. The van der Waals surface area contributed by atoms with Gasteiger partial charge < -0.3 is 5.32 Å². The highest BCUT2D eigenvalue weighted by Gasteiger charge is 2.09. The van der Waals surface area contributed by atoms with Crippen molar-refractivity contribution in [3.8, 4) is 11.3 Å². The number of hydrogen-bond acceptors (Lipinski definition) is 2. The topological polar surface area (TPSA) is 29.9 Å². The van der Waals surface area contributed by atoms with Gasteiger partial charge in [-0.2, -0.15) is 5.10 Å². The minimum atomic E-state index is 0.660. The van der Waals surface area contributed by atoms with Crippen LogP contribution < -0.4 is 5.32 Å². The summed E-state index contributed by atoms with van der Waals surface area (Å²) < 4.78 is 2.97. The lowest BCUT2D eigenvalue weighted by atomic mass is 10.1. The number of aryl methyl sites for hydroxylation is 1. The molecule has 0 bridgehead atoms. The monoisotopic (exact) mass is 321 g/mol. The molecule has 0 atom stereocenters. The highest BCUT2D eigenvalue weighted by Crippen LogP contribution is 2.23. The van der Waals surface area contributed by atoms with E-state index in [-0.39, 0.29) is 0 Å². The zero-order valence-electron chi connectivity index (χ0n) is 11.7. The summed E-state index contributed by atoms with van der Waals surface area (Å²) in [5.74, 6) is 0.660. The molecule has 1 N–H and O–H groups in total. The molecule has 0 aliphatic rings. The first-order valence-corrected chi connectivity index (χ1v) is 7.34. The van der Waals surface area contributed by atoms with Crippen LogP contribution in [0.4, 0.5) is 0 Å². The van der Waals surface area contributed by atoms with E-state index in [2.05, 4.69) is 70.7 Å². The van der Waals surface area contributed by atoms with E-state index in [9.17, 15) is 0 Å². The number of aromatic nitrogens is 2. The lowest BCUT2D eigenvalue weighted by Crippen LogP contribution is -2.19. The molecule has 1 aromatic carbocycles. The van der Waals surface area contributed by atoms with Crippen LogP contribution >= 0.6 is 15.9 Å². The summed E-state index contributed by atoms with van der Waals surface area (Å²) in [5.41, 5.74) is 3.46. The quantitative estimate of drug-likeness (QED) is 0.912. The van der Waals surface area contributed by atoms with E-state index in [1.807, 2.05) is 11.7 Å². The lowest BCUT2D eigenvalue weighted by Gasteiger charge is -2.07. The van der Waals surface area contributed by atoms with Crippen LogP contribution in [0.15, 0.2) is 34.9 Å². The highest BCUT2D eigenvalue weighted by molar-refractivity contribution is 9.10. The van der Waals surface area contributed by atoms with Crippen molar-refractivity contribution in [2.75, 3.05) is 6.54 Å². The van der Waals surface area contributed by atoms with Gasteiger partial charge in [-0.05, 0) is 24.6 Å². The first-order valence-electron chi connectivity index (χ1n) is 6.55. The Morgan fingerprint density at radius 3 is 2.58 bits per heavy atom. The summed E-state index contributed by atoms with van der Waals surface area (Å²) in [5, 5.41) is 8.04. The lowest BCUT2D eigenvalue weighted by molar-refractivity contribution is 0.552. The Balaban J connectivity index is 2.18. The normalized spacial score (nSPS) is 11.2. The molecule has 0 aliphatic carbocycles. The van der Waals surface area contributed by atoms with Crippen molar-refractivity contribution in [2.45, 2.75) is 20.4 Å². The highest BCUT2D eigenvalue weighted by atomic mass is 79.9. The molecule has 0 spiro atoms. The summed E-state index contributed by atoms with van der Waals surface area (Å²) >= 11 is 3.46. The van der Waals surface area contributed by atoms with E-state index in [0.29, 0.717) is 5.92 Å². The van der Waals surface area contributed by atoms with E-state index >= 15 is 0 Å². The number of rotatable bonds is 5. The van der Waals surface area contributed by atoms with Gasteiger partial charge in [0.05, 0.1) is 5.69 Å². The van der Waals surface area contributed by atoms with Crippen LogP contribution in [0.1, 0.15) is 19.4 Å². The minimum absolute atomic E-state index is 0.660. The van der Waals surface area contributed by atoms with Crippen molar-refractivity contribution >= 4 is 15.9 Å². The van der Waals surface area contributed by atoms with Crippen LogP contribution in [-0.2, 0) is 13.6 Å². The standard InChI is InChI=1S/C15H20BrN3/c1-11(2)8-17-9-13-10-19(3)18-15(13)12-4-6-14(16)7-5-12/h4-7,10-11,17H,8-9H2,1-3H3. The Hall–Kier alpha value is -1.13. The molecule has 1 heterocycles. The predicted molar refractivity (Wildman–Crippen MR) is 82.9 cm³/mol. The van der Waals surface area contributed by atoms with E-state index in [1.165, 1.54) is 5.56 Å². The zero-order valence-corrected chi connectivity index (χ0v) is 13.2. The fourth-order valence-electron chi connectivity index (χ4n) is 2.01. The average molecular weight is 322 g/mol. The van der Waals surface area contributed by atoms with Gasteiger partial charge in [0.15, 0.2) is 0 Å². The molecule has 19 heavy (non-hydrogen) atoms. The Bertz CT molecular complexity index is 529. The Kier molecular flexibility index (Phi) is 4.77. The molecule has 102 valence electrons. The maximum absolute atomic E-state index is 4.57. The smallest absolute Gasteiger partial charge is 0.0967 e. The van der Waals surface area contributed by atoms with Gasteiger partial charge in [-0.25, -0.2) is 0 Å². The maximum Gasteiger partial charge on any atom is 0.0967 e. The van der Waals surface area contributed by atoms with Crippen molar-refractivity contribution in [1.29, 1.82) is 0 Å². The van der Waals surface area contributed by atoms with Crippen molar-refractivity contribution in [3.63, 3.8) is 0 Å². The third-order valence-electron chi connectivity index (χ3n) is 2.89. The van der Waals surface area contributed by atoms with Gasteiger partial charge in [-0.15, -0.1) is 0 Å². The van der Waals surface area contributed by atoms with E-state index in [0.717, 1.165) is 28.8 Å². The fourth-order valence-corrected chi connectivity index (χ4v) is 2.28. The first kappa shape index (κ1) is 14.3. The number of nitrogens with one attached hydrogen (secondary N) is 1. The number of nitrogens with zero attached hydrogens (tertiary/aromatic N) is 2. The summed E-state index contributed by atoms with van der Waals surface area (Å²) in [4.78, 5) is 0. The Morgan fingerprint density at radius 1 is 1.26 bits per heavy atom. The van der Waals surface area contributed by atoms with Crippen LogP contribution in [0.2, 0.25) is 0 Å². The molecule has 0 amide bonds. The molecule has 2 aromatic rings. The maximum atomic E-state index is 4.57. The molecule has 1 aromatic heterocycles. The van der Waals surface area contributed by atoms with Crippen LogP contribution in [0.5, 0.6) is 0 Å². The fraction of sp³-hybridized carbons (Fsp3) is 0.400. The van der Waals surface area contributed by atoms with Crippen molar-refractivity contribution in [1.82, 2.24) is 15.1 Å². The summed E-state index contributed by atoms with van der Waals surface area (Å²) in [6.45, 7) is 6.31. The van der Waals surface area contributed by atoms with Gasteiger partial charge in [0, 0.05) is 35.4 Å². The molecule has 0 fully saturated rings. The molecule has 4 heteroatoms. The summed E-state index contributed by atoms with van der Waals surface area (Å²) in [6.07, 6.45) is 2.09. The molecule has 0 saturated carbocycles. The molecule has 2 rings (SSSR count). The first-order chi connectivity index (χ1) is 9.06. The van der Waals surface area contributed by atoms with Gasteiger partial charge in [0.1, 0.15) is 0 Å². The van der Waals surface area contributed by atoms with Crippen LogP contribution in [0, 0.1) is 5.92 Å². The van der Waals surface area contributed by atoms with Crippen LogP contribution in [0.25, 0.3) is 11.3 Å². The second-order valence-electron chi connectivity index (χ2n) is 5.21. The van der Waals surface area contributed by atoms with Gasteiger partial charge >= 0.3 is 0 Å². The molecule has 0 unspecified atom stereocenters. The van der Waals surface area contributed by atoms with Crippen molar-refractivity contribution < 1.29 is 0 Å². The molecular formula is C15H20BrN3. The molecule has 0 saturated heterocycles. The number of hydrogen-bond donors (Lipinski definition) is 1.